The zero-order valence-corrected chi connectivity index (χ0v) is 9.08. The molecule has 0 saturated carbocycles. The van der Waals surface area contributed by atoms with Gasteiger partial charge in [0.2, 0.25) is 0 Å². The molecule has 0 spiro atoms. The van der Waals surface area contributed by atoms with Gasteiger partial charge in [-0.3, -0.25) is 4.79 Å². The first-order valence-corrected chi connectivity index (χ1v) is 5.33. The summed E-state index contributed by atoms with van der Waals surface area (Å²) in [5.74, 6) is 0. The monoisotopic (exact) mass is 229 g/mol. The number of aromatic amines is 1. The third kappa shape index (κ3) is 1.17. The molecule has 0 aliphatic rings. The van der Waals surface area contributed by atoms with E-state index in [4.69, 9.17) is 11.6 Å². The van der Waals surface area contributed by atoms with E-state index >= 15 is 0 Å². The molecule has 0 aliphatic heterocycles. The Morgan fingerprint density at radius 1 is 1.06 bits per heavy atom. The number of nitrogens with one attached hydrogen (secondary N) is 1. The lowest BCUT2D eigenvalue weighted by Gasteiger charge is -1.98. The van der Waals surface area contributed by atoms with Crippen LogP contribution in [0.15, 0.2) is 36.4 Å². The quantitative estimate of drug-likeness (QED) is 0.633. The van der Waals surface area contributed by atoms with E-state index in [9.17, 15) is 4.79 Å². The zero-order chi connectivity index (χ0) is 11.1. The fraction of sp³-hybridized carbons (Fsp3) is 0. The standard InChI is InChI=1S/C13H8ClNO/c14-13-11(7-16)10-6-5-8-3-1-2-4-9(8)12(10)15-13/h1-7,15H. The molecule has 1 N–H and O–H groups in total. The molecule has 2 aromatic carbocycles. The van der Waals surface area contributed by atoms with Crippen molar-refractivity contribution in [1.82, 2.24) is 4.98 Å². The number of H-pyrrole nitrogens is 1. The molecule has 1 heterocycles. The van der Waals surface area contributed by atoms with Crippen molar-refractivity contribution >= 4 is 39.6 Å². The molecule has 0 fully saturated rings. The molecule has 0 radical (unpaired) electrons. The predicted octanol–water partition coefficient (Wildman–Crippen LogP) is 3.79. The SMILES string of the molecule is O=Cc1c(Cl)[nH]c2c1ccc1ccccc12. The summed E-state index contributed by atoms with van der Waals surface area (Å²) in [6, 6.07) is 11.9. The predicted molar refractivity (Wildman–Crippen MR) is 66.2 cm³/mol. The summed E-state index contributed by atoms with van der Waals surface area (Å²) in [6.45, 7) is 0. The molecule has 0 aliphatic carbocycles. The Labute approximate surface area is 96.8 Å². The first kappa shape index (κ1) is 9.43. The second-order valence-electron chi connectivity index (χ2n) is 3.68. The third-order valence-corrected chi connectivity index (χ3v) is 3.11. The maximum atomic E-state index is 10.9. The number of hydrogen-bond acceptors (Lipinski definition) is 1. The Morgan fingerprint density at radius 2 is 1.88 bits per heavy atom. The number of benzene rings is 2. The minimum absolute atomic E-state index is 0.404. The smallest absolute Gasteiger partial charge is 0.153 e. The van der Waals surface area contributed by atoms with Crippen molar-refractivity contribution in [3.05, 3.63) is 47.1 Å². The van der Waals surface area contributed by atoms with Crippen LogP contribution in [0.1, 0.15) is 10.4 Å². The van der Waals surface area contributed by atoms with Crippen LogP contribution < -0.4 is 0 Å². The van der Waals surface area contributed by atoms with Gasteiger partial charge in [-0.05, 0) is 5.39 Å². The summed E-state index contributed by atoms with van der Waals surface area (Å²) >= 11 is 5.98. The number of hydrogen-bond donors (Lipinski definition) is 1. The van der Waals surface area contributed by atoms with Gasteiger partial charge < -0.3 is 4.98 Å². The van der Waals surface area contributed by atoms with Gasteiger partial charge in [-0.2, -0.15) is 0 Å². The average Bonchev–Trinajstić information content (AvgIpc) is 2.65. The highest BCUT2D eigenvalue weighted by Gasteiger charge is 2.10. The van der Waals surface area contributed by atoms with Crippen LogP contribution in [0.5, 0.6) is 0 Å². The number of carbonyl (C=O) groups is 1. The lowest BCUT2D eigenvalue weighted by Crippen LogP contribution is -1.77. The van der Waals surface area contributed by atoms with Crippen molar-refractivity contribution in [3.8, 4) is 0 Å². The van der Waals surface area contributed by atoms with Crippen LogP contribution in [0, 0.1) is 0 Å². The van der Waals surface area contributed by atoms with Crippen molar-refractivity contribution < 1.29 is 4.79 Å². The lowest BCUT2D eigenvalue weighted by molar-refractivity contribution is 0.112. The van der Waals surface area contributed by atoms with Gasteiger partial charge in [0.15, 0.2) is 6.29 Å². The summed E-state index contributed by atoms with van der Waals surface area (Å²) in [5, 5.41) is 3.49. The van der Waals surface area contributed by atoms with Crippen molar-refractivity contribution in [1.29, 1.82) is 0 Å². The van der Waals surface area contributed by atoms with Crippen molar-refractivity contribution in [2.75, 3.05) is 0 Å². The molecule has 16 heavy (non-hydrogen) atoms. The van der Waals surface area contributed by atoms with E-state index in [1.165, 1.54) is 0 Å². The summed E-state index contributed by atoms with van der Waals surface area (Å²) in [7, 11) is 0. The van der Waals surface area contributed by atoms with Gasteiger partial charge in [0, 0.05) is 10.8 Å². The van der Waals surface area contributed by atoms with E-state index in [0.29, 0.717) is 10.7 Å². The van der Waals surface area contributed by atoms with Crippen LogP contribution in [0.3, 0.4) is 0 Å². The highest BCUT2D eigenvalue weighted by atomic mass is 35.5. The van der Waals surface area contributed by atoms with Crippen LogP contribution in [0.25, 0.3) is 21.7 Å². The van der Waals surface area contributed by atoms with E-state index in [-0.39, 0.29) is 0 Å². The van der Waals surface area contributed by atoms with Gasteiger partial charge in [0.1, 0.15) is 5.15 Å². The Hall–Kier alpha value is -1.80. The Balaban J connectivity index is 2.57. The summed E-state index contributed by atoms with van der Waals surface area (Å²) in [4.78, 5) is 14.0. The van der Waals surface area contributed by atoms with Gasteiger partial charge in [-0.15, -0.1) is 0 Å². The number of fused-ring (bicyclic) bond motifs is 3. The first-order chi connectivity index (χ1) is 7.81. The highest BCUT2D eigenvalue weighted by Crippen LogP contribution is 2.30. The normalized spacial score (nSPS) is 11.1. The molecule has 78 valence electrons. The number of aldehydes is 1. The summed E-state index contributed by atoms with van der Waals surface area (Å²) in [5.41, 5.74) is 1.45. The van der Waals surface area contributed by atoms with Gasteiger partial charge >= 0.3 is 0 Å². The van der Waals surface area contributed by atoms with Gasteiger partial charge in [0.05, 0.1) is 11.1 Å². The summed E-state index contributed by atoms with van der Waals surface area (Å²) in [6.07, 6.45) is 0.788. The number of halogens is 1. The topological polar surface area (TPSA) is 32.9 Å². The van der Waals surface area contributed by atoms with Crippen LogP contribution >= 0.6 is 11.6 Å². The zero-order valence-electron chi connectivity index (χ0n) is 8.33. The number of carbonyl (C=O) groups excluding carboxylic acids is 1. The molecule has 0 amide bonds. The Kier molecular flexibility index (Phi) is 1.98. The van der Waals surface area contributed by atoms with E-state index in [1.807, 2.05) is 36.4 Å². The van der Waals surface area contributed by atoms with Crippen LogP contribution in [0.4, 0.5) is 0 Å². The molecule has 3 heteroatoms. The lowest BCUT2D eigenvalue weighted by atomic mass is 10.1. The molecule has 0 unspecified atom stereocenters. The largest absolute Gasteiger partial charge is 0.344 e. The van der Waals surface area contributed by atoms with Crippen LogP contribution in [0.2, 0.25) is 5.15 Å². The van der Waals surface area contributed by atoms with E-state index in [1.54, 1.807) is 0 Å². The number of rotatable bonds is 1. The molecule has 3 rings (SSSR count). The molecule has 3 aromatic rings. The molecule has 0 saturated heterocycles. The number of aromatic nitrogens is 1. The van der Waals surface area contributed by atoms with Crippen molar-refractivity contribution in [2.45, 2.75) is 0 Å². The molecule has 2 nitrogen and oxygen atoms in total. The maximum Gasteiger partial charge on any atom is 0.153 e. The molecule has 0 atom stereocenters. The van der Waals surface area contributed by atoms with Crippen LogP contribution in [-0.2, 0) is 0 Å². The molecular weight excluding hydrogens is 222 g/mol. The first-order valence-electron chi connectivity index (χ1n) is 4.95. The Morgan fingerprint density at radius 3 is 2.69 bits per heavy atom. The van der Waals surface area contributed by atoms with Gasteiger partial charge in [-0.1, -0.05) is 48.0 Å². The van der Waals surface area contributed by atoms with E-state index < -0.39 is 0 Å². The molecule has 1 aromatic heterocycles. The minimum Gasteiger partial charge on any atom is -0.344 e. The van der Waals surface area contributed by atoms with Crippen LogP contribution in [-0.4, -0.2) is 11.3 Å². The minimum atomic E-state index is 0.404. The average molecular weight is 230 g/mol. The van der Waals surface area contributed by atoms with Crippen molar-refractivity contribution in [2.24, 2.45) is 0 Å². The van der Waals surface area contributed by atoms with Crippen molar-refractivity contribution in [3.63, 3.8) is 0 Å². The van der Waals surface area contributed by atoms with E-state index in [0.717, 1.165) is 28.0 Å². The third-order valence-electron chi connectivity index (χ3n) is 2.81. The second kappa shape index (κ2) is 3.35. The molecule has 0 bridgehead atoms. The van der Waals surface area contributed by atoms with E-state index in [2.05, 4.69) is 4.98 Å². The summed E-state index contributed by atoms with van der Waals surface area (Å²) < 4.78 is 0. The van der Waals surface area contributed by atoms with Gasteiger partial charge in [0.25, 0.3) is 0 Å². The second-order valence-corrected chi connectivity index (χ2v) is 4.06. The molecular formula is C13H8ClNO. The highest BCUT2D eigenvalue weighted by molar-refractivity contribution is 6.34. The fourth-order valence-electron chi connectivity index (χ4n) is 2.04. The maximum absolute atomic E-state index is 10.9. The Bertz CT molecular complexity index is 700. The fourth-order valence-corrected chi connectivity index (χ4v) is 2.28. The van der Waals surface area contributed by atoms with Gasteiger partial charge in [-0.25, -0.2) is 0 Å².